The van der Waals surface area contributed by atoms with Gasteiger partial charge in [-0.2, -0.15) is 0 Å². The maximum Gasteiger partial charge on any atom is 0.241 e. The first-order valence-electron chi connectivity index (χ1n) is 9.26. The first-order chi connectivity index (χ1) is 11.5. The zero-order valence-corrected chi connectivity index (χ0v) is 15.7. The van der Waals surface area contributed by atoms with Gasteiger partial charge in [0.1, 0.15) is 0 Å². The number of rotatable bonds is 5. The van der Waals surface area contributed by atoms with Gasteiger partial charge in [-0.1, -0.05) is 26.3 Å². The summed E-state index contributed by atoms with van der Waals surface area (Å²) >= 11 is 5.54. The fourth-order valence-corrected chi connectivity index (χ4v) is 4.16. The van der Waals surface area contributed by atoms with Crippen LogP contribution in [0.3, 0.4) is 0 Å². The minimum absolute atomic E-state index is 0.0713. The molecule has 2 saturated heterocycles. The molecular formula is C18H30N4OS. The lowest BCUT2D eigenvalue weighted by atomic mass is 9.95. The number of hydrogen-bond donors (Lipinski definition) is 2. The van der Waals surface area contributed by atoms with Crippen LogP contribution in [0.1, 0.15) is 46.0 Å². The van der Waals surface area contributed by atoms with Crippen molar-refractivity contribution < 1.29 is 4.79 Å². The van der Waals surface area contributed by atoms with Gasteiger partial charge in [-0.15, -0.1) is 6.58 Å². The quantitative estimate of drug-likeness (QED) is 0.585. The number of hydrogen-bond acceptors (Lipinski definition) is 3. The molecule has 0 aromatic carbocycles. The molecule has 0 aromatic heterocycles. The Morgan fingerprint density at radius 3 is 2.71 bits per heavy atom. The first kappa shape index (κ1) is 17.7. The molecule has 2 atom stereocenters. The molecule has 1 spiro atoms. The number of nitrogens with zero attached hydrogens (tertiary/aromatic N) is 2. The normalized spacial score (nSPS) is 27.4. The third kappa shape index (κ3) is 3.31. The summed E-state index contributed by atoms with van der Waals surface area (Å²) in [7, 11) is 0. The van der Waals surface area contributed by atoms with E-state index in [-0.39, 0.29) is 17.6 Å². The Bertz CT molecular complexity index is 511. The average Bonchev–Trinajstić information content (AvgIpc) is 3.36. The minimum atomic E-state index is -0.231. The SMILES string of the molecule is C=CCN1C(=O)[C@H]([C@H](C)CC)NC12CCN(C(=S)NC1CC1)CC2. The molecule has 3 fully saturated rings. The van der Waals surface area contributed by atoms with Crippen molar-refractivity contribution in [2.45, 2.75) is 63.7 Å². The van der Waals surface area contributed by atoms with E-state index in [0.717, 1.165) is 37.5 Å². The molecule has 5 nitrogen and oxygen atoms in total. The molecule has 2 aliphatic heterocycles. The standard InChI is InChI=1S/C18H30N4OS/c1-4-10-22-16(23)15(13(3)5-2)20-18(22)8-11-21(12-9-18)17(24)19-14-6-7-14/h4,13-15,20H,1,5-12H2,2-3H3,(H,19,24)/t13-,15+/m1/s1. The average molecular weight is 351 g/mol. The van der Waals surface area contributed by atoms with E-state index >= 15 is 0 Å². The second-order valence-electron chi connectivity index (χ2n) is 7.49. The number of carbonyl (C=O) groups excluding carboxylic acids is 1. The summed E-state index contributed by atoms with van der Waals surface area (Å²) in [6.07, 6.45) is 7.13. The lowest BCUT2D eigenvalue weighted by molar-refractivity contribution is -0.133. The predicted octanol–water partition coefficient (Wildman–Crippen LogP) is 1.85. The lowest BCUT2D eigenvalue weighted by Crippen LogP contribution is -2.60. The van der Waals surface area contributed by atoms with Crippen molar-refractivity contribution >= 4 is 23.2 Å². The number of nitrogens with one attached hydrogen (secondary N) is 2. The Morgan fingerprint density at radius 1 is 1.50 bits per heavy atom. The van der Waals surface area contributed by atoms with E-state index in [1.807, 2.05) is 11.0 Å². The van der Waals surface area contributed by atoms with Crippen LogP contribution in [0.15, 0.2) is 12.7 Å². The van der Waals surface area contributed by atoms with E-state index in [1.165, 1.54) is 12.8 Å². The van der Waals surface area contributed by atoms with Crippen molar-refractivity contribution in [3.05, 3.63) is 12.7 Å². The molecule has 0 unspecified atom stereocenters. The smallest absolute Gasteiger partial charge is 0.241 e. The zero-order chi connectivity index (χ0) is 17.3. The first-order valence-corrected chi connectivity index (χ1v) is 9.67. The number of carbonyl (C=O) groups is 1. The number of piperidine rings is 1. The van der Waals surface area contributed by atoms with Crippen LogP contribution in [0.2, 0.25) is 0 Å². The molecule has 0 bridgehead atoms. The fraction of sp³-hybridized carbons (Fsp3) is 0.778. The Morgan fingerprint density at radius 2 is 2.17 bits per heavy atom. The van der Waals surface area contributed by atoms with Gasteiger partial charge in [0.2, 0.25) is 5.91 Å². The Hall–Kier alpha value is -1.14. The maximum atomic E-state index is 12.9. The van der Waals surface area contributed by atoms with Gasteiger partial charge in [0.25, 0.3) is 0 Å². The fourth-order valence-electron chi connectivity index (χ4n) is 3.81. The maximum absolute atomic E-state index is 12.9. The van der Waals surface area contributed by atoms with Gasteiger partial charge < -0.3 is 15.1 Å². The highest BCUT2D eigenvalue weighted by Gasteiger charge is 2.52. The van der Waals surface area contributed by atoms with Gasteiger partial charge in [-0.25, -0.2) is 0 Å². The highest BCUT2D eigenvalue weighted by molar-refractivity contribution is 7.80. The molecule has 1 saturated carbocycles. The van der Waals surface area contributed by atoms with Crippen LogP contribution in [-0.2, 0) is 4.79 Å². The Kier molecular flexibility index (Phi) is 5.16. The van der Waals surface area contributed by atoms with Crippen LogP contribution in [0.4, 0.5) is 0 Å². The molecule has 0 radical (unpaired) electrons. The van der Waals surface area contributed by atoms with E-state index in [9.17, 15) is 4.79 Å². The summed E-state index contributed by atoms with van der Waals surface area (Å²) in [5, 5.41) is 8.00. The number of likely N-dealkylation sites (tertiary alicyclic amines) is 1. The van der Waals surface area contributed by atoms with Gasteiger partial charge in [0.15, 0.2) is 5.11 Å². The van der Waals surface area contributed by atoms with Crippen LogP contribution in [0.5, 0.6) is 0 Å². The van der Waals surface area contributed by atoms with Gasteiger partial charge in [0, 0.05) is 38.5 Å². The molecule has 24 heavy (non-hydrogen) atoms. The van der Waals surface area contributed by atoms with Gasteiger partial charge in [0.05, 0.1) is 11.7 Å². The zero-order valence-electron chi connectivity index (χ0n) is 14.9. The topological polar surface area (TPSA) is 47.6 Å². The molecule has 1 aliphatic carbocycles. The van der Waals surface area contributed by atoms with Gasteiger partial charge >= 0.3 is 0 Å². The summed E-state index contributed by atoms with van der Waals surface area (Å²) < 4.78 is 0. The molecule has 3 aliphatic rings. The third-order valence-corrected chi connectivity index (χ3v) is 6.16. The summed E-state index contributed by atoms with van der Waals surface area (Å²) in [6, 6.07) is 0.518. The van der Waals surface area contributed by atoms with E-state index in [1.54, 1.807) is 0 Å². The van der Waals surface area contributed by atoms with Gasteiger partial charge in [-0.3, -0.25) is 10.1 Å². The second-order valence-corrected chi connectivity index (χ2v) is 7.87. The summed E-state index contributed by atoms with van der Waals surface area (Å²) in [5.74, 6) is 0.580. The number of amides is 1. The predicted molar refractivity (Wildman–Crippen MR) is 101 cm³/mol. The molecule has 6 heteroatoms. The van der Waals surface area contributed by atoms with Crippen molar-refractivity contribution in [2.24, 2.45) is 5.92 Å². The summed E-state index contributed by atoms with van der Waals surface area (Å²) in [6.45, 7) is 10.5. The molecule has 2 N–H and O–H groups in total. The van der Waals surface area contributed by atoms with E-state index in [0.29, 0.717) is 18.5 Å². The molecule has 0 aromatic rings. The van der Waals surface area contributed by atoms with Crippen molar-refractivity contribution in [1.29, 1.82) is 0 Å². The Labute approximate surface area is 150 Å². The second kappa shape index (κ2) is 7.00. The summed E-state index contributed by atoms with van der Waals surface area (Å²) in [5.41, 5.74) is -0.231. The molecule has 134 valence electrons. The van der Waals surface area contributed by atoms with Crippen molar-refractivity contribution in [2.75, 3.05) is 19.6 Å². The van der Waals surface area contributed by atoms with Gasteiger partial charge in [-0.05, 0) is 31.0 Å². The molecule has 3 rings (SSSR count). The van der Waals surface area contributed by atoms with Crippen LogP contribution >= 0.6 is 12.2 Å². The third-order valence-electron chi connectivity index (χ3n) is 5.78. The van der Waals surface area contributed by atoms with E-state index in [2.05, 4.69) is 36.0 Å². The monoisotopic (exact) mass is 350 g/mol. The van der Waals surface area contributed by atoms with E-state index < -0.39 is 0 Å². The molecule has 1 amide bonds. The van der Waals surface area contributed by atoms with Crippen LogP contribution in [-0.4, -0.2) is 58.2 Å². The van der Waals surface area contributed by atoms with Crippen LogP contribution in [0.25, 0.3) is 0 Å². The highest BCUT2D eigenvalue weighted by Crippen LogP contribution is 2.35. The van der Waals surface area contributed by atoms with Crippen LogP contribution < -0.4 is 10.6 Å². The largest absolute Gasteiger partial charge is 0.360 e. The highest BCUT2D eigenvalue weighted by atomic mass is 32.1. The van der Waals surface area contributed by atoms with E-state index in [4.69, 9.17) is 12.2 Å². The summed E-state index contributed by atoms with van der Waals surface area (Å²) in [4.78, 5) is 17.2. The number of thiocarbonyl (C=S) groups is 1. The lowest BCUT2D eigenvalue weighted by Gasteiger charge is -2.45. The van der Waals surface area contributed by atoms with Crippen LogP contribution in [0, 0.1) is 5.92 Å². The van der Waals surface area contributed by atoms with Crippen molar-refractivity contribution in [1.82, 2.24) is 20.4 Å². The Balaban J connectivity index is 1.68. The van der Waals surface area contributed by atoms with Crippen molar-refractivity contribution in [3.8, 4) is 0 Å². The minimum Gasteiger partial charge on any atom is -0.360 e. The molecule has 2 heterocycles. The molecular weight excluding hydrogens is 320 g/mol. The van der Waals surface area contributed by atoms with Crippen molar-refractivity contribution in [3.63, 3.8) is 0 Å².